The number of rotatable bonds is 4. The molecule has 0 saturated carbocycles. The maximum Gasteiger partial charge on any atom is 0.347 e. The number of thiophene rings is 1. The number of imide groups is 1. The molecular weight excluding hydrogens is 459 g/mol. The van der Waals surface area contributed by atoms with Crippen LogP contribution < -0.4 is 15.4 Å². The van der Waals surface area contributed by atoms with E-state index in [0.717, 1.165) is 12.1 Å². The van der Waals surface area contributed by atoms with Gasteiger partial charge in [0.1, 0.15) is 17.1 Å². The van der Waals surface area contributed by atoms with Gasteiger partial charge in [-0.2, -0.15) is 0 Å². The van der Waals surface area contributed by atoms with Crippen molar-refractivity contribution in [1.29, 1.82) is 0 Å². The molecule has 7 nitrogen and oxygen atoms in total. The third-order valence-corrected chi connectivity index (χ3v) is 5.84. The summed E-state index contributed by atoms with van der Waals surface area (Å²) in [6.45, 7) is 0. The van der Waals surface area contributed by atoms with Crippen LogP contribution in [0.5, 0.6) is 5.75 Å². The normalized spacial score (nSPS) is 14.2. The summed E-state index contributed by atoms with van der Waals surface area (Å²) in [6, 6.07) is 10.7. The van der Waals surface area contributed by atoms with Crippen LogP contribution in [-0.4, -0.2) is 25.0 Å². The first-order valence-corrected chi connectivity index (χ1v) is 10.4. The van der Waals surface area contributed by atoms with Crippen LogP contribution in [-0.2, 0) is 9.53 Å². The van der Waals surface area contributed by atoms with Gasteiger partial charge in [-0.25, -0.2) is 18.9 Å². The van der Waals surface area contributed by atoms with Crippen molar-refractivity contribution >= 4 is 57.9 Å². The average Bonchev–Trinajstić information content (AvgIpc) is 3.39. The number of carbonyl (C=O) groups excluding carboxylic acids is 3. The van der Waals surface area contributed by atoms with Gasteiger partial charge < -0.3 is 15.2 Å². The van der Waals surface area contributed by atoms with Crippen LogP contribution in [0.3, 0.4) is 0 Å². The minimum absolute atomic E-state index is 0.00806. The molecule has 0 radical (unpaired) electrons. The third kappa shape index (κ3) is 3.61. The molecule has 162 valence electrons. The number of nitrogens with two attached hydrogens (primary N) is 1. The summed E-state index contributed by atoms with van der Waals surface area (Å²) in [7, 11) is 1.40. The number of halogens is 2. The van der Waals surface area contributed by atoms with E-state index in [1.165, 1.54) is 24.5 Å². The van der Waals surface area contributed by atoms with Crippen molar-refractivity contribution in [2.75, 3.05) is 12.0 Å². The lowest BCUT2D eigenvalue weighted by Crippen LogP contribution is -2.38. The van der Waals surface area contributed by atoms with Gasteiger partial charge in [-0.05, 0) is 35.7 Å². The van der Waals surface area contributed by atoms with E-state index >= 15 is 0 Å². The Morgan fingerprint density at radius 2 is 1.91 bits per heavy atom. The number of nitrogens with zero attached hydrogens (tertiary/aromatic N) is 1. The van der Waals surface area contributed by atoms with Gasteiger partial charge >= 0.3 is 12.0 Å². The minimum atomic E-state index is -1.09. The monoisotopic (exact) mass is 472 g/mol. The van der Waals surface area contributed by atoms with Crippen molar-refractivity contribution in [3.8, 4) is 5.75 Å². The highest BCUT2D eigenvalue weighted by Gasteiger charge is 2.40. The molecule has 0 fully saturated rings. The van der Waals surface area contributed by atoms with E-state index in [-0.39, 0.29) is 38.9 Å². The zero-order chi connectivity index (χ0) is 23.0. The molecule has 1 aromatic heterocycles. The number of carbonyl (C=O) groups is 3. The third-order valence-electron chi connectivity index (χ3n) is 4.68. The van der Waals surface area contributed by atoms with Crippen LogP contribution in [0.1, 0.15) is 20.8 Å². The van der Waals surface area contributed by atoms with Crippen LogP contribution in [0.4, 0.5) is 14.9 Å². The van der Waals surface area contributed by atoms with Gasteiger partial charge in [0.25, 0.3) is 5.91 Å². The van der Waals surface area contributed by atoms with Gasteiger partial charge in [0, 0.05) is 5.56 Å². The first kappa shape index (κ1) is 21.5. The number of urea groups is 1. The Hall–Kier alpha value is -3.69. The van der Waals surface area contributed by atoms with Crippen LogP contribution in [0.2, 0.25) is 5.02 Å². The predicted molar refractivity (Wildman–Crippen MR) is 118 cm³/mol. The first-order chi connectivity index (χ1) is 15.3. The quantitative estimate of drug-likeness (QED) is 0.337. The zero-order valence-electron chi connectivity index (χ0n) is 16.4. The lowest BCUT2D eigenvalue weighted by molar-refractivity contribution is -0.112. The van der Waals surface area contributed by atoms with Crippen molar-refractivity contribution in [2.24, 2.45) is 5.73 Å². The predicted octanol–water partition coefficient (Wildman–Crippen LogP) is 4.70. The van der Waals surface area contributed by atoms with E-state index < -0.39 is 23.7 Å². The number of ether oxygens (including phenoxy) is 2. The molecule has 0 aliphatic carbocycles. The molecule has 4 rings (SSSR count). The fourth-order valence-corrected chi connectivity index (χ4v) is 4.16. The molecule has 0 bridgehead atoms. The van der Waals surface area contributed by atoms with Gasteiger partial charge in [0.2, 0.25) is 0 Å². The molecule has 3 aromatic rings. The van der Waals surface area contributed by atoms with Crippen molar-refractivity contribution in [3.05, 3.63) is 80.8 Å². The van der Waals surface area contributed by atoms with Gasteiger partial charge in [0.05, 0.1) is 28.3 Å². The highest BCUT2D eigenvalue weighted by molar-refractivity contribution is 7.11. The van der Waals surface area contributed by atoms with Crippen molar-refractivity contribution in [3.63, 3.8) is 0 Å². The van der Waals surface area contributed by atoms with Crippen LogP contribution in [0.25, 0.3) is 11.3 Å². The van der Waals surface area contributed by atoms with Gasteiger partial charge in [0.15, 0.2) is 5.76 Å². The lowest BCUT2D eigenvalue weighted by atomic mass is 10.0. The fraction of sp³-hybridized carbons (Fsp3) is 0.0455. The van der Waals surface area contributed by atoms with E-state index in [2.05, 4.69) is 0 Å². The molecule has 32 heavy (non-hydrogen) atoms. The maximum atomic E-state index is 14.3. The van der Waals surface area contributed by atoms with E-state index in [0.29, 0.717) is 9.78 Å². The molecule has 2 N–H and O–H groups in total. The summed E-state index contributed by atoms with van der Waals surface area (Å²) in [6.07, 6.45) is 0. The molecule has 10 heteroatoms. The summed E-state index contributed by atoms with van der Waals surface area (Å²) in [4.78, 5) is 39.3. The molecule has 0 unspecified atom stereocenters. The lowest BCUT2D eigenvalue weighted by Gasteiger charge is -2.13. The Morgan fingerprint density at radius 3 is 2.56 bits per heavy atom. The summed E-state index contributed by atoms with van der Waals surface area (Å²) >= 11 is 7.04. The Morgan fingerprint density at radius 1 is 1.16 bits per heavy atom. The second kappa shape index (κ2) is 8.45. The standard InChI is InChI=1S/C22H14ClFN2O5S/c1-30-16-6-3-2-5-11(16)21(28)31-19(17-7-4-8-32-17)18-12-9-14(24)13(23)10-15(12)26(20(18)27)22(25)29/h2-10H,1H3,(H2,25,29)/b19-18+. The fourth-order valence-electron chi connectivity index (χ4n) is 3.29. The van der Waals surface area contributed by atoms with Crippen LogP contribution >= 0.6 is 22.9 Å². The van der Waals surface area contributed by atoms with Crippen molar-refractivity contribution < 1.29 is 28.2 Å². The Kier molecular flexibility index (Phi) is 5.68. The van der Waals surface area contributed by atoms with E-state index in [4.69, 9.17) is 26.8 Å². The average molecular weight is 473 g/mol. The number of fused-ring (bicyclic) bond motifs is 1. The molecular formula is C22H14ClFN2O5S. The smallest absolute Gasteiger partial charge is 0.347 e. The van der Waals surface area contributed by atoms with Gasteiger partial charge in [-0.3, -0.25) is 4.79 Å². The molecule has 2 heterocycles. The van der Waals surface area contributed by atoms with E-state index in [1.54, 1.807) is 35.7 Å². The minimum Gasteiger partial charge on any atom is -0.496 e. The topological polar surface area (TPSA) is 98.9 Å². The Balaban J connectivity index is 1.93. The number of anilines is 1. The molecule has 1 aliphatic rings. The second-order valence-electron chi connectivity index (χ2n) is 6.53. The second-order valence-corrected chi connectivity index (χ2v) is 7.89. The molecule has 3 amide bonds. The van der Waals surface area contributed by atoms with E-state index in [9.17, 15) is 18.8 Å². The summed E-state index contributed by atoms with van der Waals surface area (Å²) in [5, 5.41) is 1.41. The summed E-state index contributed by atoms with van der Waals surface area (Å²) < 4.78 is 25.2. The number of benzene rings is 2. The SMILES string of the molecule is COc1ccccc1C(=O)O/C(=C1/C(=O)N(C(N)=O)c2cc(Cl)c(F)cc21)c1cccs1. The molecule has 0 saturated heterocycles. The van der Waals surface area contributed by atoms with Crippen molar-refractivity contribution in [1.82, 2.24) is 0 Å². The number of methoxy groups -OCH3 is 1. The van der Waals surface area contributed by atoms with Crippen LogP contribution in [0.15, 0.2) is 53.9 Å². The Labute approximate surface area is 190 Å². The van der Waals surface area contributed by atoms with Crippen LogP contribution in [0, 0.1) is 5.82 Å². The number of para-hydroxylation sites is 1. The van der Waals surface area contributed by atoms with E-state index in [1.807, 2.05) is 0 Å². The largest absolute Gasteiger partial charge is 0.496 e. The number of primary amides is 1. The molecule has 1 aliphatic heterocycles. The molecule has 2 aromatic carbocycles. The van der Waals surface area contributed by atoms with Gasteiger partial charge in [-0.15, -0.1) is 11.3 Å². The number of hydrogen-bond donors (Lipinski definition) is 1. The highest BCUT2D eigenvalue weighted by atomic mass is 35.5. The highest BCUT2D eigenvalue weighted by Crippen LogP contribution is 2.44. The maximum absolute atomic E-state index is 14.3. The number of amides is 3. The first-order valence-electron chi connectivity index (χ1n) is 9.10. The zero-order valence-corrected chi connectivity index (χ0v) is 18.0. The van der Waals surface area contributed by atoms with Crippen molar-refractivity contribution in [2.45, 2.75) is 0 Å². The summed E-state index contributed by atoms with van der Waals surface area (Å²) in [5.74, 6) is -2.37. The summed E-state index contributed by atoms with van der Waals surface area (Å²) in [5.41, 5.74) is 5.32. The molecule has 0 atom stereocenters. The molecule has 0 spiro atoms. The number of esters is 1. The van der Waals surface area contributed by atoms with Gasteiger partial charge in [-0.1, -0.05) is 29.8 Å². The Bertz CT molecular complexity index is 1290. The number of hydrogen-bond acceptors (Lipinski definition) is 6.